The van der Waals surface area contributed by atoms with Gasteiger partial charge in [-0.25, -0.2) is 9.98 Å². The molecule has 23 heavy (non-hydrogen) atoms. The van der Waals surface area contributed by atoms with E-state index in [0.29, 0.717) is 0 Å². The van der Waals surface area contributed by atoms with E-state index in [2.05, 4.69) is 43.7 Å². The molecule has 136 valence electrons. The van der Waals surface area contributed by atoms with Crippen molar-refractivity contribution >= 4 is 6.01 Å². The van der Waals surface area contributed by atoms with Gasteiger partial charge < -0.3 is 0 Å². The third-order valence-electron chi connectivity index (χ3n) is 4.08. The molecule has 0 aromatic heterocycles. The highest BCUT2D eigenvalue weighted by molar-refractivity contribution is 5.42. The molecule has 0 saturated heterocycles. The summed E-state index contributed by atoms with van der Waals surface area (Å²) >= 11 is 0. The molecule has 0 aromatic rings. The molecule has 0 saturated carbocycles. The van der Waals surface area contributed by atoms with Crippen molar-refractivity contribution in [2.24, 2.45) is 9.98 Å². The topological polar surface area (TPSA) is 24.7 Å². The fourth-order valence-electron chi connectivity index (χ4n) is 2.62. The highest BCUT2D eigenvalue weighted by Gasteiger charge is 2.03. The Labute approximate surface area is 146 Å². The highest BCUT2D eigenvalue weighted by atomic mass is 14.9. The number of nitrogens with zero attached hydrogens (tertiary/aromatic N) is 2. The van der Waals surface area contributed by atoms with Crippen LogP contribution >= 0.6 is 0 Å². The van der Waals surface area contributed by atoms with E-state index in [1.54, 1.807) is 0 Å². The molecule has 0 N–H and O–H groups in total. The zero-order chi connectivity index (χ0) is 17.2. The minimum Gasteiger partial charge on any atom is -0.226 e. The van der Waals surface area contributed by atoms with Crippen molar-refractivity contribution < 1.29 is 0 Å². The Bertz CT molecular complexity index is 295. The summed E-state index contributed by atoms with van der Waals surface area (Å²) in [5.74, 6) is 0. The van der Waals surface area contributed by atoms with Gasteiger partial charge in [-0.05, 0) is 27.2 Å². The van der Waals surface area contributed by atoms with E-state index in [1.165, 1.54) is 89.9 Å². The maximum atomic E-state index is 4.24. The molecule has 0 bridgehead atoms. The second kappa shape index (κ2) is 16.2. The van der Waals surface area contributed by atoms with E-state index in [9.17, 15) is 0 Å². The number of aliphatic imine (C=N–C) groups is 2. The van der Waals surface area contributed by atoms with Crippen molar-refractivity contribution in [1.82, 2.24) is 0 Å². The van der Waals surface area contributed by atoms with Crippen molar-refractivity contribution in [1.29, 1.82) is 0 Å². The molecule has 0 rings (SSSR count). The van der Waals surface area contributed by atoms with Gasteiger partial charge in [-0.15, -0.1) is 0 Å². The van der Waals surface area contributed by atoms with Gasteiger partial charge in [-0.2, -0.15) is 0 Å². The molecule has 0 radical (unpaired) electrons. The lowest BCUT2D eigenvalue weighted by atomic mass is 10.0. The largest absolute Gasteiger partial charge is 0.226 e. The average molecular weight is 323 g/mol. The summed E-state index contributed by atoms with van der Waals surface area (Å²) in [6.45, 7) is 9.39. The fourth-order valence-corrected chi connectivity index (χ4v) is 2.62. The number of hydrogen-bond acceptors (Lipinski definition) is 2. The van der Waals surface area contributed by atoms with Gasteiger partial charge in [0.25, 0.3) is 0 Å². The van der Waals surface area contributed by atoms with Crippen molar-refractivity contribution in [2.75, 3.05) is 6.54 Å². The quantitative estimate of drug-likeness (QED) is 0.221. The molecular weight excluding hydrogens is 280 g/mol. The molecule has 2 heteroatoms. The second-order valence-corrected chi connectivity index (χ2v) is 7.86. The van der Waals surface area contributed by atoms with Gasteiger partial charge in [0.15, 0.2) is 0 Å². The lowest BCUT2D eigenvalue weighted by Crippen LogP contribution is -2.08. The van der Waals surface area contributed by atoms with Crippen LogP contribution in [0.2, 0.25) is 0 Å². The van der Waals surface area contributed by atoms with Gasteiger partial charge in [0.2, 0.25) is 0 Å². The molecule has 0 unspecified atom stereocenters. The Morgan fingerprint density at radius 2 is 1.00 bits per heavy atom. The average Bonchev–Trinajstić information content (AvgIpc) is 2.49. The summed E-state index contributed by atoms with van der Waals surface area (Å²) in [7, 11) is 0. The van der Waals surface area contributed by atoms with Crippen LogP contribution in [0.1, 0.15) is 118 Å². The Hall–Kier alpha value is -0.620. The van der Waals surface area contributed by atoms with Crippen molar-refractivity contribution in [3.63, 3.8) is 0 Å². The maximum absolute atomic E-state index is 4.24. The van der Waals surface area contributed by atoms with Crippen LogP contribution in [0.4, 0.5) is 0 Å². The molecule has 0 spiro atoms. The smallest absolute Gasteiger partial charge is 0.0898 e. The van der Waals surface area contributed by atoms with Gasteiger partial charge in [-0.3, -0.25) is 0 Å². The van der Waals surface area contributed by atoms with Gasteiger partial charge in [0.05, 0.1) is 11.5 Å². The summed E-state index contributed by atoms with van der Waals surface area (Å²) in [5.41, 5.74) is -0.0427. The molecule has 0 atom stereocenters. The lowest BCUT2D eigenvalue weighted by molar-refractivity contribution is 0.536. The standard InChI is InChI=1S/C21H42N2/c1-5-6-7-8-9-10-11-12-13-14-15-16-17-18-19-22-20-23-21(2,3)4/h5-19H2,1-4H3. The molecule has 0 aliphatic heterocycles. The Morgan fingerprint density at radius 1 is 0.609 bits per heavy atom. The molecular formula is C21H42N2. The normalized spacial score (nSPS) is 11.3. The number of hydrogen-bond donors (Lipinski definition) is 0. The first-order valence-corrected chi connectivity index (χ1v) is 10.2. The van der Waals surface area contributed by atoms with Gasteiger partial charge in [0, 0.05) is 6.54 Å². The number of rotatable bonds is 15. The number of unbranched alkanes of at least 4 members (excludes halogenated alkanes) is 13. The first kappa shape index (κ1) is 22.4. The minimum absolute atomic E-state index is 0.0427. The van der Waals surface area contributed by atoms with Gasteiger partial charge in [-0.1, -0.05) is 90.4 Å². The van der Waals surface area contributed by atoms with Crippen LogP contribution in [0, 0.1) is 0 Å². The summed E-state index contributed by atoms with van der Waals surface area (Å²) in [6.07, 6.45) is 19.6. The van der Waals surface area contributed by atoms with Crippen LogP contribution in [0.25, 0.3) is 0 Å². The van der Waals surface area contributed by atoms with Crippen LogP contribution in [0.3, 0.4) is 0 Å². The van der Waals surface area contributed by atoms with E-state index >= 15 is 0 Å². The Kier molecular flexibility index (Phi) is 15.8. The molecule has 2 nitrogen and oxygen atoms in total. The molecule has 0 aromatic carbocycles. The van der Waals surface area contributed by atoms with Crippen LogP contribution in [0.5, 0.6) is 0 Å². The molecule has 0 amide bonds. The molecule has 0 fully saturated rings. The minimum atomic E-state index is -0.0427. The van der Waals surface area contributed by atoms with Crippen LogP contribution in [0.15, 0.2) is 9.98 Å². The molecule has 0 aliphatic carbocycles. The maximum Gasteiger partial charge on any atom is 0.0898 e. The van der Waals surface area contributed by atoms with Crippen LogP contribution in [-0.4, -0.2) is 18.1 Å². The van der Waals surface area contributed by atoms with E-state index in [0.717, 1.165) is 6.54 Å². The van der Waals surface area contributed by atoms with Crippen molar-refractivity contribution in [3.05, 3.63) is 0 Å². The highest BCUT2D eigenvalue weighted by Crippen LogP contribution is 2.12. The summed E-state index contributed by atoms with van der Waals surface area (Å²) < 4.78 is 0. The SMILES string of the molecule is CCCCCCCCCCCCCCCCN=C=NC(C)(C)C. The Balaban J connectivity index is 3.15. The van der Waals surface area contributed by atoms with Crippen molar-refractivity contribution in [2.45, 2.75) is 123 Å². The van der Waals surface area contributed by atoms with E-state index in [1.807, 2.05) is 0 Å². The Morgan fingerprint density at radius 3 is 1.39 bits per heavy atom. The molecule has 0 heterocycles. The summed E-state index contributed by atoms with van der Waals surface area (Å²) in [4.78, 5) is 8.48. The summed E-state index contributed by atoms with van der Waals surface area (Å²) in [5, 5.41) is 0. The molecule has 0 aliphatic rings. The fraction of sp³-hybridized carbons (Fsp3) is 0.952. The second-order valence-electron chi connectivity index (χ2n) is 7.86. The van der Waals surface area contributed by atoms with E-state index in [4.69, 9.17) is 0 Å². The zero-order valence-electron chi connectivity index (χ0n) is 16.5. The third-order valence-corrected chi connectivity index (χ3v) is 4.08. The van der Waals surface area contributed by atoms with Crippen LogP contribution < -0.4 is 0 Å². The first-order chi connectivity index (χ1) is 11.1. The lowest BCUT2D eigenvalue weighted by Gasteiger charge is -2.06. The van der Waals surface area contributed by atoms with Gasteiger partial charge >= 0.3 is 0 Å². The van der Waals surface area contributed by atoms with Gasteiger partial charge in [0.1, 0.15) is 0 Å². The van der Waals surface area contributed by atoms with E-state index in [-0.39, 0.29) is 5.54 Å². The predicted molar refractivity (Wildman–Crippen MR) is 105 cm³/mol. The van der Waals surface area contributed by atoms with Crippen LogP contribution in [-0.2, 0) is 0 Å². The monoisotopic (exact) mass is 322 g/mol. The zero-order valence-corrected chi connectivity index (χ0v) is 16.5. The first-order valence-electron chi connectivity index (χ1n) is 10.2. The van der Waals surface area contributed by atoms with E-state index < -0.39 is 0 Å². The van der Waals surface area contributed by atoms with Crippen molar-refractivity contribution in [3.8, 4) is 0 Å². The summed E-state index contributed by atoms with van der Waals surface area (Å²) in [6, 6.07) is 2.82. The third kappa shape index (κ3) is 21.4. The predicted octanol–water partition coefficient (Wildman–Crippen LogP) is 7.44.